The second kappa shape index (κ2) is 11.8. The van der Waals surface area contributed by atoms with Gasteiger partial charge in [0, 0.05) is 36.8 Å². The van der Waals surface area contributed by atoms with E-state index in [2.05, 4.69) is 15.8 Å². The van der Waals surface area contributed by atoms with Crippen LogP contribution in [0.2, 0.25) is 0 Å². The van der Waals surface area contributed by atoms with E-state index in [4.69, 9.17) is 19.4 Å². The molecule has 168 valence electrons. The average Bonchev–Trinajstić information content (AvgIpc) is 3.29. The highest BCUT2D eigenvalue weighted by Gasteiger charge is 2.17. The Morgan fingerprint density at radius 1 is 1.06 bits per heavy atom. The molecule has 32 heavy (non-hydrogen) atoms. The molecule has 2 aromatic carbocycles. The molecule has 1 aromatic heterocycles. The number of nitrogens with zero attached hydrogens (tertiary/aromatic N) is 1. The molecule has 0 spiro atoms. The van der Waals surface area contributed by atoms with Crippen LogP contribution in [0.4, 0.5) is 5.88 Å². The molecule has 0 aliphatic rings. The zero-order valence-electron chi connectivity index (χ0n) is 18.3. The number of nitrogens with one attached hydrogen (secondary N) is 3. The maximum Gasteiger partial charge on any atom is 0.231 e. The molecule has 0 saturated carbocycles. The van der Waals surface area contributed by atoms with Crippen LogP contribution >= 0.6 is 0 Å². The van der Waals surface area contributed by atoms with Crippen LogP contribution in [0.25, 0.3) is 0 Å². The van der Waals surface area contributed by atoms with Gasteiger partial charge in [-0.15, -0.1) is 0 Å². The van der Waals surface area contributed by atoms with Gasteiger partial charge in [0.05, 0.1) is 25.5 Å². The molecule has 0 saturated heterocycles. The highest BCUT2D eigenvalue weighted by molar-refractivity contribution is 6.09. The molecule has 1 unspecified atom stereocenters. The molecule has 0 amide bonds. The summed E-state index contributed by atoms with van der Waals surface area (Å²) >= 11 is 0. The van der Waals surface area contributed by atoms with Crippen molar-refractivity contribution in [2.75, 3.05) is 38.8 Å². The van der Waals surface area contributed by atoms with Crippen LogP contribution in [0.3, 0.4) is 0 Å². The van der Waals surface area contributed by atoms with E-state index >= 15 is 0 Å². The summed E-state index contributed by atoms with van der Waals surface area (Å²) in [5.41, 5.74) is 2.93. The summed E-state index contributed by atoms with van der Waals surface area (Å²) in [5, 5.41) is 17.8. The highest BCUT2D eigenvalue weighted by atomic mass is 16.5. The van der Waals surface area contributed by atoms with Crippen molar-refractivity contribution in [2.45, 2.75) is 12.8 Å². The van der Waals surface area contributed by atoms with Gasteiger partial charge in [0.25, 0.3) is 0 Å². The fraction of sp³-hybridized carbons (Fsp3) is 0.292. The van der Waals surface area contributed by atoms with Crippen molar-refractivity contribution in [3.05, 3.63) is 83.0 Å². The normalized spacial score (nSPS) is 11.7. The number of anilines is 1. The van der Waals surface area contributed by atoms with Gasteiger partial charge in [-0.25, -0.2) is 0 Å². The Bertz CT molecular complexity index is 1020. The Morgan fingerprint density at radius 3 is 2.62 bits per heavy atom. The standard InChI is InChI=1S/C24H28N4O4/c1-17(19-9-6-10-20(15-19)23(29)18-7-4-3-5-8-18)21-16-22(32-28-21)27-24(25)26-11-12-31-14-13-30-2/h3-10,15-17H,11-14H2,1-2H3,(H3,25,26,27). The third-order valence-corrected chi connectivity index (χ3v) is 4.88. The van der Waals surface area contributed by atoms with E-state index < -0.39 is 0 Å². The van der Waals surface area contributed by atoms with Crippen molar-refractivity contribution >= 4 is 17.6 Å². The first kappa shape index (κ1) is 23.2. The van der Waals surface area contributed by atoms with E-state index in [1.54, 1.807) is 13.2 Å². The molecule has 3 aromatic rings. The van der Waals surface area contributed by atoms with Gasteiger partial charge < -0.3 is 19.3 Å². The monoisotopic (exact) mass is 436 g/mol. The van der Waals surface area contributed by atoms with Crippen LogP contribution in [0.15, 0.2) is 65.2 Å². The van der Waals surface area contributed by atoms with Gasteiger partial charge >= 0.3 is 0 Å². The number of hydrogen-bond donors (Lipinski definition) is 3. The van der Waals surface area contributed by atoms with Gasteiger partial charge in [-0.05, 0) is 11.6 Å². The van der Waals surface area contributed by atoms with E-state index in [0.29, 0.717) is 49.1 Å². The Labute approximate surface area is 187 Å². The minimum atomic E-state index is -0.0887. The van der Waals surface area contributed by atoms with Crippen LogP contribution in [0, 0.1) is 5.41 Å². The number of ether oxygens (including phenoxy) is 2. The van der Waals surface area contributed by atoms with E-state index in [1.807, 2.05) is 61.5 Å². The maximum atomic E-state index is 12.8. The zero-order valence-corrected chi connectivity index (χ0v) is 18.3. The summed E-state index contributed by atoms with van der Waals surface area (Å²) in [4.78, 5) is 12.8. The second-order valence-electron chi connectivity index (χ2n) is 7.19. The number of rotatable bonds is 11. The SMILES string of the molecule is COCCOCCNC(=N)Nc1cc(C(C)c2cccc(C(=O)c3ccccc3)c2)no1. The highest BCUT2D eigenvalue weighted by Crippen LogP contribution is 2.26. The van der Waals surface area contributed by atoms with Gasteiger partial charge in [0.2, 0.25) is 5.88 Å². The summed E-state index contributed by atoms with van der Waals surface area (Å²) in [6, 6.07) is 18.5. The summed E-state index contributed by atoms with van der Waals surface area (Å²) in [6.45, 7) is 3.99. The lowest BCUT2D eigenvalue weighted by atomic mass is 9.94. The predicted molar refractivity (Wildman–Crippen MR) is 122 cm³/mol. The molecule has 1 heterocycles. The van der Waals surface area contributed by atoms with Crippen molar-refractivity contribution in [1.82, 2.24) is 10.5 Å². The number of methoxy groups -OCH3 is 1. The number of benzene rings is 2. The predicted octanol–water partition coefficient (Wildman–Crippen LogP) is 3.66. The minimum Gasteiger partial charge on any atom is -0.382 e. The number of carbonyl (C=O) groups excluding carboxylic acids is 1. The van der Waals surface area contributed by atoms with E-state index in [1.165, 1.54) is 0 Å². The number of hydrogen-bond acceptors (Lipinski definition) is 6. The molecular formula is C24H28N4O4. The summed E-state index contributed by atoms with van der Waals surface area (Å²) < 4.78 is 15.6. The summed E-state index contributed by atoms with van der Waals surface area (Å²) in [7, 11) is 1.62. The number of ketones is 1. The summed E-state index contributed by atoms with van der Waals surface area (Å²) in [6.07, 6.45) is 0. The molecule has 0 aliphatic heterocycles. The van der Waals surface area contributed by atoms with E-state index in [-0.39, 0.29) is 17.7 Å². The fourth-order valence-corrected chi connectivity index (χ4v) is 3.09. The molecule has 0 bridgehead atoms. The molecule has 8 heteroatoms. The minimum absolute atomic E-state index is 0.0205. The van der Waals surface area contributed by atoms with E-state index in [0.717, 1.165) is 5.56 Å². The average molecular weight is 437 g/mol. The van der Waals surface area contributed by atoms with Crippen LogP contribution in [0.1, 0.15) is 40.0 Å². The Hall–Kier alpha value is -3.49. The van der Waals surface area contributed by atoms with Gasteiger partial charge in [-0.3, -0.25) is 15.5 Å². The number of guanidine groups is 1. The molecule has 3 rings (SSSR count). The zero-order chi connectivity index (χ0) is 22.8. The third-order valence-electron chi connectivity index (χ3n) is 4.88. The quantitative estimate of drug-likeness (QED) is 0.182. The van der Waals surface area contributed by atoms with Gasteiger partial charge in [-0.1, -0.05) is 60.6 Å². The van der Waals surface area contributed by atoms with Crippen molar-refractivity contribution in [3.8, 4) is 0 Å². The first-order valence-corrected chi connectivity index (χ1v) is 10.4. The van der Waals surface area contributed by atoms with Crippen molar-refractivity contribution < 1.29 is 18.8 Å². The maximum absolute atomic E-state index is 12.8. The number of carbonyl (C=O) groups is 1. The number of aromatic nitrogens is 1. The first-order valence-electron chi connectivity index (χ1n) is 10.4. The molecule has 8 nitrogen and oxygen atoms in total. The Balaban J connectivity index is 1.57. The molecule has 3 N–H and O–H groups in total. The molecule has 0 fully saturated rings. The molecule has 1 atom stereocenters. The van der Waals surface area contributed by atoms with Crippen LogP contribution in [-0.2, 0) is 9.47 Å². The third kappa shape index (κ3) is 6.50. The van der Waals surface area contributed by atoms with Crippen LogP contribution < -0.4 is 10.6 Å². The lowest BCUT2D eigenvalue weighted by Gasteiger charge is -2.10. The Kier molecular flexibility index (Phi) is 8.53. The lowest BCUT2D eigenvalue weighted by Crippen LogP contribution is -2.32. The van der Waals surface area contributed by atoms with Crippen molar-refractivity contribution in [2.24, 2.45) is 0 Å². The van der Waals surface area contributed by atoms with Crippen molar-refractivity contribution in [1.29, 1.82) is 5.41 Å². The smallest absolute Gasteiger partial charge is 0.231 e. The van der Waals surface area contributed by atoms with E-state index in [9.17, 15) is 4.79 Å². The second-order valence-corrected chi connectivity index (χ2v) is 7.19. The van der Waals surface area contributed by atoms with Crippen molar-refractivity contribution in [3.63, 3.8) is 0 Å². The largest absolute Gasteiger partial charge is 0.382 e. The van der Waals surface area contributed by atoms with Gasteiger partial charge in [0.1, 0.15) is 0 Å². The van der Waals surface area contributed by atoms with Gasteiger partial charge in [0.15, 0.2) is 11.7 Å². The van der Waals surface area contributed by atoms with Crippen LogP contribution in [-0.4, -0.2) is 50.4 Å². The Morgan fingerprint density at radius 2 is 1.84 bits per heavy atom. The molecule has 0 radical (unpaired) electrons. The molecular weight excluding hydrogens is 408 g/mol. The lowest BCUT2D eigenvalue weighted by molar-refractivity contribution is 0.0734. The molecule has 0 aliphatic carbocycles. The van der Waals surface area contributed by atoms with Crippen LogP contribution in [0.5, 0.6) is 0 Å². The fourth-order valence-electron chi connectivity index (χ4n) is 3.09. The topological polar surface area (TPSA) is 109 Å². The summed E-state index contributed by atoms with van der Waals surface area (Å²) in [5.74, 6) is 0.342. The first-order chi connectivity index (χ1) is 15.6. The van der Waals surface area contributed by atoms with Gasteiger partial charge in [-0.2, -0.15) is 0 Å².